The molecule has 1 aliphatic carbocycles. The maximum absolute atomic E-state index is 12.8. The number of amides is 1. The first-order chi connectivity index (χ1) is 11.7. The van der Waals surface area contributed by atoms with Gasteiger partial charge in [-0.3, -0.25) is 4.79 Å². The molecule has 25 heavy (non-hydrogen) atoms. The number of sulfone groups is 1. The van der Waals surface area contributed by atoms with Crippen molar-refractivity contribution >= 4 is 15.7 Å². The SMILES string of the molecule is O=C(N[C@H]1C[C@H]1c1ccccc1)c1cccnc1S(=O)(=O)C(F)(F)F. The summed E-state index contributed by atoms with van der Waals surface area (Å²) in [5.41, 5.74) is -5.14. The van der Waals surface area contributed by atoms with Crippen molar-refractivity contribution in [2.75, 3.05) is 0 Å². The molecular formula is C16H13F3N2O3S. The zero-order valence-corrected chi connectivity index (χ0v) is 13.5. The molecule has 1 saturated carbocycles. The number of nitrogens with zero attached hydrogens (tertiary/aromatic N) is 1. The zero-order valence-electron chi connectivity index (χ0n) is 12.7. The Bertz CT molecular complexity index is 898. The van der Waals surface area contributed by atoms with Crippen molar-refractivity contribution in [3.05, 3.63) is 59.8 Å². The summed E-state index contributed by atoms with van der Waals surface area (Å²) >= 11 is 0. The molecule has 1 heterocycles. The number of rotatable bonds is 4. The topological polar surface area (TPSA) is 76.1 Å². The van der Waals surface area contributed by atoms with Crippen LogP contribution in [0.25, 0.3) is 0 Å². The largest absolute Gasteiger partial charge is 0.503 e. The molecule has 5 nitrogen and oxygen atoms in total. The Morgan fingerprint density at radius 3 is 2.44 bits per heavy atom. The van der Waals surface area contributed by atoms with Crippen LogP contribution in [-0.4, -0.2) is 30.9 Å². The average Bonchev–Trinajstić information content (AvgIpc) is 3.33. The molecule has 2 aromatic rings. The lowest BCUT2D eigenvalue weighted by molar-refractivity contribution is -0.0438. The average molecular weight is 370 g/mol. The van der Waals surface area contributed by atoms with Crippen LogP contribution in [0.5, 0.6) is 0 Å². The van der Waals surface area contributed by atoms with E-state index in [4.69, 9.17) is 0 Å². The van der Waals surface area contributed by atoms with E-state index in [1.807, 2.05) is 30.3 Å². The van der Waals surface area contributed by atoms with Gasteiger partial charge in [-0.25, -0.2) is 13.4 Å². The Kier molecular flexibility index (Phi) is 4.28. The summed E-state index contributed by atoms with van der Waals surface area (Å²) in [6.45, 7) is 0. The molecule has 1 aromatic heterocycles. The van der Waals surface area contributed by atoms with Gasteiger partial charge in [0.15, 0.2) is 5.03 Å². The summed E-state index contributed by atoms with van der Waals surface area (Å²) in [4.78, 5) is 15.6. The van der Waals surface area contributed by atoms with E-state index in [-0.39, 0.29) is 12.0 Å². The van der Waals surface area contributed by atoms with Crippen molar-refractivity contribution in [1.82, 2.24) is 10.3 Å². The first-order valence-corrected chi connectivity index (χ1v) is 8.82. The van der Waals surface area contributed by atoms with Crippen LogP contribution in [0.3, 0.4) is 0 Å². The molecule has 0 radical (unpaired) electrons. The van der Waals surface area contributed by atoms with Gasteiger partial charge in [-0.2, -0.15) is 13.2 Å². The molecule has 132 valence electrons. The minimum atomic E-state index is -5.71. The van der Waals surface area contributed by atoms with Crippen LogP contribution in [0.2, 0.25) is 0 Å². The smallest absolute Gasteiger partial charge is 0.349 e. The standard InChI is InChI=1S/C16H13F3N2O3S/c17-16(18,19)25(23,24)15-11(7-4-8-20-15)14(22)21-13-9-12(13)10-5-2-1-3-6-10/h1-8,12-13H,9H2,(H,21,22)/t12-,13-/m0/s1. The third-order valence-corrected chi connectivity index (χ3v) is 5.35. The Morgan fingerprint density at radius 1 is 1.12 bits per heavy atom. The number of hydrogen-bond acceptors (Lipinski definition) is 4. The lowest BCUT2D eigenvalue weighted by Gasteiger charge is -2.11. The molecule has 0 aliphatic heterocycles. The maximum Gasteiger partial charge on any atom is 0.503 e. The second kappa shape index (κ2) is 6.14. The molecule has 0 unspecified atom stereocenters. The highest BCUT2D eigenvalue weighted by atomic mass is 32.2. The Morgan fingerprint density at radius 2 is 1.80 bits per heavy atom. The quantitative estimate of drug-likeness (QED) is 0.898. The molecule has 1 N–H and O–H groups in total. The number of nitrogens with one attached hydrogen (secondary N) is 1. The van der Waals surface area contributed by atoms with Gasteiger partial charge in [-0.1, -0.05) is 30.3 Å². The monoisotopic (exact) mass is 370 g/mol. The molecule has 2 atom stereocenters. The Balaban J connectivity index is 1.81. The van der Waals surface area contributed by atoms with Crippen LogP contribution in [0, 0.1) is 0 Å². The highest BCUT2D eigenvalue weighted by Gasteiger charge is 2.50. The first kappa shape index (κ1) is 17.4. The van der Waals surface area contributed by atoms with E-state index in [2.05, 4.69) is 10.3 Å². The van der Waals surface area contributed by atoms with Crippen LogP contribution < -0.4 is 5.32 Å². The van der Waals surface area contributed by atoms with Crippen LogP contribution in [0.1, 0.15) is 28.3 Å². The maximum atomic E-state index is 12.8. The van der Waals surface area contributed by atoms with E-state index in [1.165, 1.54) is 6.07 Å². The van der Waals surface area contributed by atoms with E-state index in [0.29, 0.717) is 6.42 Å². The molecule has 0 bridgehead atoms. The summed E-state index contributed by atoms with van der Waals surface area (Å²) in [6.07, 6.45) is 1.54. The summed E-state index contributed by atoms with van der Waals surface area (Å²) < 4.78 is 61.5. The summed E-state index contributed by atoms with van der Waals surface area (Å²) in [5.74, 6) is -0.830. The van der Waals surface area contributed by atoms with Crippen molar-refractivity contribution < 1.29 is 26.4 Å². The van der Waals surface area contributed by atoms with Crippen LogP contribution in [0.4, 0.5) is 13.2 Å². The number of benzene rings is 1. The van der Waals surface area contributed by atoms with Crippen molar-refractivity contribution in [2.45, 2.75) is 28.9 Å². The summed E-state index contributed by atoms with van der Waals surface area (Å²) in [7, 11) is -5.71. The van der Waals surface area contributed by atoms with E-state index in [0.717, 1.165) is 17.8 Å². The first-order valence-electron chi connectivity index (χ1n) is 7.34. The van der Waals surface area contributed by atoms with Gasteiger partial charge in [-0.05, 0) is 24.1 Å². The molecule has 3 rings (SSSR count). The molecule has 0 spiro atoms. The van der Waals surface area contributed by atoms with Gasteiger partial charge in [0.25, 0.3) is 15.7 Å². The van der Waals surface area contributed by atoms with E-state index < -0.39 is 31.8 Å². The van der Waals surface area contributed by atoms with Crippen molar-refractivity contribution in [3.63, 3.8) is 0 Å². The lowest BCUT2D eigenvalue weighted by atomic mass is 10.1. The number of carbonyl (C=O) groups excluding carboxylic acids is 1. The van der Waals surface area contributed by atoms with Gasteiger partial charge < -0.3 is 5.32 Å². The number of pyridine rings is 1. The van der Waals surface area contributed by atoms with Crippen LogP contribution in [0.15, 0.2) is 53.7 Å². The number of alkyl halides is 3. The predicted octanol–water partition coefficient (Wildman–Crippen LogP) is 2.66. The number of hydrogen-bond donors (Lipinski definition) is 1. The number of aromatic nitrogens is 1. The van der Waals surface area contributed by atoms with Gasteiger partial charge in [0.05, 0.1) is 5.56 Å². The molecule has 0 saturated heterocycles. The normalized spacial score (nSPS) is 20.1. The lowest BCUT2D eigenvalue weighted by Crippen LogP contribution is -2.31. The highest BCUT2D eigenvalue weighted by molar-refractivity contribution is 7.92. The molecule has 1 fully saturated rings. The van der Waals surface area contributed by atoms with Gasteiger partial charge in [0, 0.05) is 18.2 Å². The molecule has 1 aromatic carbocycles. The number of halogens is 3. The van der Waals surface area contributed by atoms with Crippen molar-refractivity contribution in [2.24, 2.45) is 0 Å². The highest BCUT2D eigenvalue weighted by Crippen LogP contribution is 2.41. The van der Waals surface area contributed by atoms with Crippen molar-refractivity contribution in [3.8, 4) is 0 Å². The summed E-state index contributed by atoms with van der Waals surface area (Å²) in [5, 5.41) is 1.29. The van der Waals surface area contributed by atoms with E-state index >= 15 is 0 Å². The third kappa shape index (κ3) is 3.37. The van der Waals surface area contributed by atoms with Crippen molar-refractivity contribution in [1.29, 1.82) is 0 Å². The minimum Gasteiger partial charge on any atom is -0.349 e. The third-order valence-electron chi connectivity index (χ3n) is 3.91. The predicted molar refractivity (Wildman–Crippen MR) is 82.5 cm³/mol. The zero-order chi connectivity index (χ0) is 18.2. The minimum absolute atomic E-state index is 0.0597. The van der Waals surface area contributed by atoms with Crippen LogP contribution in [-0.2, 0) is 9.84 Å². The Labute approximate surface area is 141 Å². The Hall–Kier alpha value is -2.42. The molecular weight excluding hydrogens is 357 g/mol. The second-order valence-electron chi connectivity index (χ2n) is 5.64. The fourth-order valence-corrected chi connectivity index (χ4v) is 3.43. The summed E-state index contributed by atoms with van der Waals surface area (Å²) in [6, 6.07) is 11.3. The van der Waals surface area contributed by atoms with E-state index in [9.17, 15) is 26.4 Å². The number of carbonyl (C=O) groups is 1. The van der Waals surface area contributed by atoms with Crippen LogP contribution >= 0.6 is 0 Å². The fourth-order valence-electron chi connectivity index (χ4n) is 2.56. The fraction of sp³-hybridized carbons (Fsp3) is 0.250. The van der Waals surface area contributed by atoms with E-state index in [1.54, 1.807) is 0 Å². The second-order valence-corrected chi connectivity index (χ2v) is 7.49. The van der Waals surface area contributed by atoms with Gasteiger partial charge in [-0.15, -0.1) is 0 Å². The van der Waals surface area contributed by atoms with Gasteiger partial charge in [0.1, 0.15) is 0 Å². The molecule has 1 amide bonds. The molecule has 1 aliphatic rings. The van der Waals surface area contributed by atoms with Gasteiger partial charge in [0.2, 0.25) is 0 Å². The van der Waals surface area contributed by atoms with Gasteiger partial charge >= 0.3 is 5.51 Å². The molecule has 9 heteroatoms.